The first-order valence-electron chi connectivity index (χ1n) is 10.6. The Bertz CT molecular complexity index is 1060. The highest BCUT2D eigenvalue weighted by molar-refractivity contribution is 6.04. The summed E-state index contributed by atoms with van der Waals surface area (Å²) in [6, 6.07) is 10.7. The van der Waals surface area contributed by atoms with E-state index < -0.39 is 0 Å². The van der Waals surface area contributed by atoms with Crippen LogP contribution in [0.4, 0.5) is 5.69 Å². The maximum absolute atomic E-state index is 12.3. The number of aryl methyl sites for hydroxylation is 1. The number of amides is 2. The first-order valence-corrected chi connectivity index (χ1v) is 10.6. The zero-order chi connectivity index (χ0) is 21.8. The summed E-state index contributed by atoms with van der Waals surface area (Å²) in [7, 11) is 0. The van der Waals surface area contributed by atoms with E-state index in [0.717, 1.165) is 30.5 Å². The Morgan fingerprint density at radius 3 is 2.71 bits per heavy atom. The van der Waals surface area contributed by atoms with E-state index in [-0.39, 0.29) is 17.7 Å². The second-order valence-corrected chi connectivity index (χ2v) is 7.90. The molecule has 2 N–H and O–H groups in total. The molecule has 2 amide bonds. The van der Waals surface area contributed by atoms with Crippen LogP contribution in [0.25, 0.3) is 11.5 Å². The normalized spacial score (nSPS) is 17.2. The van der Waals surface area contributed by atoms with Crippen LogP contribution in [0.1, 0.15) is 48.0 Å². The van der Waals surface area contributed by atoms with Crippen molar-refractivity contribution in [3.05, 3.63) is 65.8 Å². The van der Waals surface area contributed by atoms with Crippen molar-refractivity contribution in [3.63, 3.8) is 0 Å². The van der Waals surface area contributed by atoms with Crippen LogP contribution >= 0.6 is 0 Å². The van der Waals surface area contributed by atoms with E-state index in [4.69, 9.17) is 4.42 Å². The molecule has 0 radical (unpaired) electrons. The number of rotatable bonds is 8. The smallest absolute Gasteiger partial charge is 0.257 e. The molecule has 0 unspecified atom stereocenters. The van der Waals surface area contributed by atoms with Crippen LogP contribution in [0, 0.1) is 18.8 Å². The largest absolute Gasteiger partial charge is 0.441 e. The van der Waals surface area contributed by atoms with E-state index in [1.165, 1.54) is 6.20 Å². The van der Waals surface area contributed by atoms with Crippen LogP contribution in [0.5, 0.6) is 0 Å². The van der Waals surface area contributed by atoms with Gasteiger partial charge in [0.1, 0.15) is 11.5 Å². The van der Waals surface area contributed by atoms with Gasteiger partial charge in [0.05, 0.1) is 12.1 Å². The summed E-state index contributed by atoms with van der Waals surface area (Å²) in [4.78, 5) is 33.0. The lowest BCUT2D eigenvalue weighted by molar-refractivity contribution is -0.122. The van der Waals surface area contributed by atoms with Gasteiger partial charge in [-0.05, 0) is 62.1 Å². The van der Waals surface area contributed by atoms with Crippen molar-refractivity contribution in [2.24, 2.45) is 11.8 Å². The summed E-state index contributed by atoms with van der Waals surface area (Å²) in [6.07, 6.45) is 6.37. The highest BCUT2D eigenvalue weighted by Gasteiger charge is 2.41. The zero-order valence-corrected chi connectivity index (χ0v) is 17.7. The minimum absolute atomic E-state index is 0.108. The molecule has 7 heteroatoms. The molecule has 3 aromatic rings. The molecule has 1 saturated carbocycles. The van der Waals surface area contributed by atoms with Crippen LogP contribution in [-0.4, -0.2) is 21.8 Å². The lowest BCUT2D eigenvalue weighted by Crippen LogP contribution is -2.25. The van der Waals surface area contributed by atoms with Crippen molar-refractivity contribution >= 4 is 17.5 Å². The molecule has 2 heterocycles. The van der Waals surface area contributed by atoms with Crippen molar-refractivity contribution < 1.29 is 14.0 Å². The summed E-state index contributed by atoms with van der Waals surface area (Å²) < 4.78 is 5.80. The highest BCUT2D eigenvalue weighted by Crippen LogP contribution is 2.42. The van der Waals surface area contributed by atoms with Gasteiger partial charge in [0.2, 0.25) is 11.8 Å². The maximum atomic E-state index is 12.3. The van der Waals surface area contributed by atoms with E-state index >= 15 is 0 Å². The molecule has 0 aliphatic heterocycles. The molecule has 1 fully saturated rings. The molecule has 0 saturated heterocycles. The average Bonchev–Trinajstić information content (AvgIpc) is 3.46. The van der Waals surface area contributed by atoms with Gasteiger partial charge in [-0.3, -0.25) is 14.6 Å². The average molecular weight is 418 g/mol. The zero-order valence-electron chi connectivity index (χ0n) is 17.7. The Labute approximate surface area is 181 Å². The molecule has 1 aliphatic carbocycles. The second kappa shape index (κ2) is 9.12. The molecular formula is C24H26N4O3. The fourth-order valence-corrected chi connectivity index (χ4v) is 3.67. The number of hydrogen-bond donors (Lipinski definition) is 2. The summed E-state index contributed by atoms with van der Waals surface area (Å²) in [5.74, 6) is 1.75. The molecule has 1 aliphatic rings. The number of nitrogens with one attached hydrogen (secondary N) is 2. The predicted octanol–water partition coefficient (Wildman–Crippen LogP) is 4.35. The molecule has 7 nitrogen and oxygen atoms in total. The Hall–Kier alpha value is -3.48. The van der Waals surface area contributed by atoms with Crippen LogP contribution in [0.2, 0.25) is 0 Å². The first kappa shape index (κ1) is 20.8. The monoisotopic (exact) mass is 418 g/mol. The summed E-state index contributed by atoms with van der Waals surface area (Å²) >= 11 is 0. The first-order chi connectivity index (χ1) is 15.0. The predicted molar refractivity (Wildman–Crippen MR) is 117 cm³/mol. The molecule has 1 aromatic carbocycles. The van der Waals surface area contributed by atoms with Crippen molar-refractivity contribution in [2.75, 3.05) is 5.32 Å². The van der Waals surface area contributed by atoms with Gasteiger partial charge in [-0.15, -0.1) is 0 Å². The molecular weight excluding hydrogens is 392 g/mol. The lowest BCUT2D eigenvalue weighted by atomic mass is 10.2. The summed E-state index contributed by atoms with van der Waals surface area (Å²) in [5, 5.41) is 5.82. The van der Waals surface area contributed by atoms with Gasteiger partial charge < -0.3 is 15.1 Å². The number of carbonyl (C=O) groups is 2. The number of benzene rings is 1. The third kappa shape index (κ3) is 4.99. The third-order valence-electron chi connectivity index (χ3n) is 5.55. The van der Waals surface area contributed by atoms with Crippen LogP contribution < -0.4 is 10.6 Å². The SMILES string of the molecule is CCC[C@H]1C[C@H]1C(=O)NCc1nc(-c2ccc(NC(=O)c3cccnc3)cc2)oc1C. The van der Waals surface area contributed by atoms with Gasteiger partial charge in [-0.25, -0.2) is 4.98 Å². The Morgan fingerprint density at radius 1 is 1.19 bits per heavy atom. The van der Waals surface area contributed by atoms with Gasteiger partial charge in [0, 0.05) is 29.6 Å². The standard InChI is InChI=1S/C24H26N4O3/c1-3-5-17-12-20(17)23(30)26-14-21-15(2)31-24(28-21)16-7-9-19(10-8-16)27-22(29)18-6-4-11-25-13-18/h4,6-11,13,17,20H,3,5,12,14H2,1-2H3,(H,26,30)(H,27,29)/t17-,20+/m0/s1. The number of hydrogen-bond acceptors (Lipinski definition) is 5. The Morgan fingerprint density at radius 2 is 2.00 bits per heavy atom. The van der Waals surface area contributed by atoms with Gasteiger partial charge >= 0.3 is 0 Å². The number of aromatic nitrogens is 2. The molecule has 0 spiro atoms. The minimum atomic E-state index is -0.220. The summed E-state index contributed by atoms with van der Waals surface area (Å²) in [5.41, 5.74) is 2.68. The Balaban J connectivity index is 1.35. The van der Waals surface area contributed by atoms with Gasteiger partial charge in [0.15, 0.2) is 0 Å². The molecule has 2 atom stereocenters. The number of oxazole rings is 1. The number of nitrogens with zero attached hydrogens (tertiary/aromatic N) is 2. The molecule has 160 valence electrons. The third-order valence-corrected chi connectivity index (χ3v) is 5.55. The lowest BCUT2D eigenvalue weighted by Gasteiger charge is -2.05. The van der Waals surface area contributed by atoms with Crippen LogP contribution in [0.3, 0.4) is 0 Å². The van der Waals surface area contributed by atoms with E-state index in [1.54, 1.807) is 30.5 Å². The minimum Gasteiger partial charge on any atom is -0.441 e. The molecule has 31 heavy (non-hydrogen) atoms. The fourth-order valence-electron chi connectivity index (χ4n) is 3.67. The van der Waals surface area contributed by atoms with Crippen LogP contribution in [-0.2, 0) is 11.3 Å². The van der Waals surface area contributed by atoms with Crippen molar-refractivity contribution in [2.45, 2.75) is 39.7 Å². The molecule has 2 aromatic heterocycles. The second-order valence-electron chi connectivity index (χ2n) is 7.90. The van der Waals surface area contributed by atoms with Gasteiger partial charge in [-0.1, -0.05) is 13.3 Å². The van der Waals surface area contributed by atoms with E-state index in [1.807, 2.05) is 19.1 Å². The molecule has 0 bridgehead atoms. The van der Waals surface area contributed by atoms with Crippen molar-refractivity contribution in [1.82, 2.24) is 15.3 Å². The number of anilines is 1. The van der Waals surface area contributed by atoms with E-state index in [0.29, 0.717) is 35.4 Å². The number of carbonyl (C=O) groups excluding carboxylic acids is 2. The topological polar surface area (TPSA) is 97.1 Å². The molecule has 4 rings (SSSR count). The summed E-state index contributed by atoms with van der Waals surface area (Å²) in [6.45, 7) is 4.36. The van der Waals surface area contributed by atoms with Crippen molar-refractivity contribution in [1.29, 1.82) is 0 Å². The quantitative estimate of drug-likeness (QED) is 0.567. The Kier molecular flexibility index (Phi) is 6.11. The van der Waals surface area contributed by atoms with E-state index in [9.17, 15) is 9.59 Å². The van der Waals surface area contributed by atoms with Crippen molar-refractivity contribution in [3.8, 4) is 11.5 Å². The number of pyridine rings is 1. The maximum Gasteiger partial charge on any atom is 0.257 e. The highest BCUT2D eigenvalue weighted by atomic mass is 16.4. The van der Waals surface area contributed by atoms with E-state index in [2.05, 4.69) is 27.5 Å². The van der Waals surface area contributed by atoms with Gasteiger partial charge in [0.25, 0.3) is 5.91 Å². The fraction of sp³-hybridized carbons (Fsp3) is 0.333. The van der Waals surface area contributed by atoms with Gasteiger partial charge in [-0.2, -0.15) is 0 Å². The van der Waals surface area contributed by atoms with Crippen LogP contribution in [0.15, 0.2) is 53.2 Å².